The standard InChI is InChI=1S/C23H28Cl2N2O3/c1-5-15(2)26-23(29)16(3)27(14-17-6-9-19(30-4)10-7-17)22(28)13-18-8-11-20(24)21(25)12-18/h6-12,15-16H,5,13-14H2,1-4H3,(H,26,29)/t15-,16-/m1/s1. The maximum Gasteiger partial charge on any atom is 0.242 e. The summed E-state index contributed by atoms with van der Waals surface area (Å²) in [5.74, 6) is 0.381. The molecule has 0 saturated carbocycles. The minimum atomic E-state index is -0.628. The molecule has 0 fully saturated rings. The average Bonchev–Trinajstić information content (AvgIpc) is 2.74. The van der Waals surface area contributed by atoms with Gasteiger partial charge in [0.2, 0.25) is 11.8 Å². The fourth-order valence-corrected chi connectivity index (χ4v) is 3.22. The second-order valence-electron chi connectivity index (χ2n) is 7.29. The van der Waals surface area contributed by atoms with Gasteiger partial charge in [-0.2, -0.15) is 0 Å². The quantitative estimate of drug-likeness (QED) is 0.592. The Balaban J connectivity index is 2.24. The topological polar surface area (TPSA) is 58.6 Å². The predicted octanol–water partition coefficient (Wildman–Crippen LogP) is 4.88. The molecule has 2 aromatic rings. The van der Waals surface area contributed by atoms with E-state index in [2.05, 4.69) is 5.32 Å². The van der Waals surface area contributed by atoms with E-state index in [0.717, 1.165) is 23.3 Å². The molecule has 162 valence electrons. The molecule has 0 aliphatic rings. The van der Waals surface area contributed by atoms with Crippen LogP contribution >= 0.6 is 23.2 Å². The highest BCUT2D eigenvalue weighted by Gasteiger charge is 2.27. The summed E-state index contributed by atoms with van der Waals surface area (Å²) < 4.78 is 5.20. The van der Waals surface area contributed by atoms with Gasteiger partial charge in [-0.05, 0) is 55.7 Å². The van der Waals surface area contributed by atoms with Crippen LogP contribution in [0.3, 0.4) is 0 Å². The minimum Gasteiger partial charge on any atom is -0.497 e. The van der Waals surface area contributed by atoms with E-state index in [1.165, 1.54) is 0 Å². The first-order chi connectivity index (χ1) is 14.2. The zero-order valence-electron chi connectivity index (χ0n) is 17.7. The van der Waals surface area contributed by atoms with Crippen LogP contribution in [-0.2, 0) is 22.6 Å². The van der Waals surface area contributed by atoms with Crippen LogP contribution in [0.1, 0.15) is 38.3 Å². The highest BCUT2D eigenvalue weighted by Crippen LogP contribution is 2.23. The Morgan fingerprint density at radius 2 is 1.67 bits per heavy atom. The van der Waals surface area contributed by atoms with Gasteiger partial charge in [-0.25, -0.2) is 0 Å². The first kappa shape index (κ1) is 24.0. The van der Waals surface area contributed by atoms with E-state index in [0.29, 0.717) is 16.6 Å². The summed E-state index contributed by atoms with van der Waals surface area (Å²) in [6.45, 7) is 5.99. The van der Waals surface area contributed by atoms with E-state index in [4.69, 9.17) is 27.9 Å². The summed E-state index contributed by atoms with van der Waals surface area (Å²) in [5, 5.41) is 3.79. The molecular formula is C23H28Cl2N2O3. The van der Waals surface area contributed by atoms with Crippen LogP contribution in [-0.4, -0.2) is 35.9 Å². The molecule has 0 radical (unpaired) electrons. The summed E-state index contributed by atoms with van der Waals surface area (Å²) in [6.07, 6.45) is 0.933. The van der Waals surface area contributed by atoms with E-state index in [1.54, 1.807) is 37.1 Å². The van der Waals surface area contributed by atoms with Crippen molar-refractivity contribution in [1.29, 1.82) is 0 Å². The lowest BCUT2D eigenvalue weighted by atomic mass is 10.1. The van der Waals surface area contributed by atoms with E-state index >= 15 is 0 Å². The van der Waals surface area contributed by atoms with Crippen LogP contribution in [0.2, 0.25) is 10.0 Å². The fourth-order valence-electron chi connectivity index (χ4n) is 2.90. The van der Waals surface area contributed by atoms with Crippen molar-refractivity contribution in [3.05, 3.63) is 63.6 Å². The highest BCUT2D eigenvalue weighted by molar-refractivity contribution is 6.42. The van der Waals surface area contributed by atoms with Gasteiger partial charge >= 0.3 is 0 Å². The summed E-state index contributed by atoms with van der Waals surface area (Å²) in [7, 11) is 1.60. The minimum absolute atomic E-state index is 0.0351. The third-order valence-electron chi connectivity index (χ3n) is 5.02. The number of nitrogens with one attached hydrogen (secondary N) is 1. The molecule has 0 spiro atoms. The monoisotopic (exact) mass is 450 g/mol. The zero-order chi connectivity index (χ0) is 22.3. The molecule has 2 rings (SSSR count). The molecule has 0 aliphatic carbocycles. The van der Waals surface area contributed by atoms with Crippen LogP contribution in [0.5, 0.6) is 5.75 Å². The molecule has 5 nitrogen and oxygen atoms in total. The van der Waals surface area contributed by atoms with Crippen molar-refractivity contribution in [3.8, 4) is 5.75 Å². The van der Waals surface area contributed by atoms with E-state index in [1.807, 2.05) is 38.1 Å². The molecule has 0 aromatic heterocycles. The highest BCUT2D eigenvalue weighted by atomic mass is 35.5. The zero-order valence-corrected chi connectivity index (χ0v) is 19.3. The molecule has 0 bridgehead atoms. The van der Waals surface area contributed by atoms with Gasteiger partial charge in [-0.15, -0.1) is 0 Å². The van der Waals surface area contributed by atoms with E-state index in [9.17, 15) is 9.59 Å². The number of nitrogens with zero attached hydrogens (tertiary/aromatic N) is 1. The van der Waals surface area contributed by atoms with E-state index < -0.39 is 6.04 Å². The normalized spacial score (nSPS) is 12.7. The summed E-state index contributed by atoms with van der Waals surface area (Å²) in [5.41, 5.74) is 1.64. The summed E-state index contributed by atoms with van der Waals surface area (Å²) >= 11 is 12.1. The van der Waals surface area contributed by atoms with Crippen LogP contribution in [0, 0.1) is 0 Å². The number of rotatable bonds is 9. The molecule has 0 aliphatic heterocycles. The number of amides is 2. The van der Waals surface area contributed by atoms with Gasteiger partial charge in [0.15, 0.2) is 0 Å². The lowest BCUT2D eigenvalue weighted by Crippen LogP contribution is -2.49. The van der Waals surface area contributed by atoms with Crippen LogP contribution in [0.15, 0.2) is 42.5 Å². The van der Waals surface area contributed by atoms with Crippen molar-refractivity contribution in [2.24, 2.45) is 0 Å². The van der Waals surface area contributed by atoms with Gasteiger partial charge in [0, 0.05) is 12.6 Å². The van der Waals surface area contributed by atoms with Gasteiger partial charge in [0.25, 0.3) is 0 Å². The molecular weight excluding hydrogens is 423 g/mol. The predicted molar refractivity (Wildman–Crippen MR) is 121 cm³/mol. The van der Waals surface area contributed by atoms with Gasteiger partial charge in [-0.3, -0.25) is 9.59 Å². The Morgan fingerprint density at radius 3 is 2.23 bits per heavy atom. The lowest BCUT2D eigenvalue weighted by Gasteiger charge is -2.30. The van der Waals surface area contributed by atoms with Gasteiger partial charge < -0.3 is 15.0 Å². The molecule has 2 amide bonds. The Labute approximate surface area is 188 Å². The van der Waals surface area contributed by atoms with Crippen molar-refractivity contribution in [3.63, 3.8) is 0 Å². The Kier molecular flexibility index (Phi) is 9.00. The second kappa shape index (κ2) is 11.2. The van der Waals surface area contributed by atoms with Crippen LogP contribution < -0.4 is 10.1 Å². The largest absolute Gasteiger partial charge is 0.497 e. The first-order valence-electron chi connectivity index (χ1n) is 9.91. The smallest absolute Gasteiger partial charge is 0.242 e. The molecule has 0 heterocycles. The number of carbonyl (C=O) groups is 2. The molecule has 2 atom stereocenters. The molecule has 30 heavy (non-hydrogen) atoms. The SMILES string of the molecule is CC[C@@H](C)NC(=O)[C@@H](C)N(Cc1ccc(OC)cc1)C(=O)Cc1ccc(Cl)c(Cl)c1. The van der Waals surface area contributed by atoms with Crippen molar-refractivity contribution >= 4 is 35.0 Å². The molecule has 2 aromatic carbocycles. The van der Waals surface area contributed by atoms with Crippen molar-refractivity contribution in [1.82, 2.24) is 10.2 Å². The second-order valence-corrected chi connectivity index (χ2v) is 8.10. The van der Waals surface area contributed by atoms with Gasteiger partial charge in [-0.1, -0.05) is 48.3 Å². The number of hydrogen-bond donors (Lipinski definition) is 1. The van der Waals surface area contributed by atoms with E-state index in [-0.39, 0.29) is 24.3 Å². The number of benzene rings is 2. The van der Waals surface area contributed by atoms with Crippen LogP contribution in [0.4, 0.5) is 0 Å². The van der Waals surface area contributed by atoms with Crippen molar-refractivity contribution in [2.45, 2.75) is 52.2 Å². The number of ether oxygens (including phenoxy) is 1. The Morgan fingerprint density at radius 1 is 1.03 bits per heavy atom. The molecule has 0 unspecified atom stereocenters. The maximum absolute atomic E-state index is 13.2. The number of carbonyl (C=O) groups excluding carboxylic acids is 2. The first-order valence-corrected chi connectivity index (χ1v) is 10.7. The molecule has 7 heteroatoms. The Bertz CT molecular complexity index is 871. The third kappa shape index (κ3) is 6.64. The van der Waals surface area contributed by atoms with Gasteiger partial charge in [0.05, 0.1) is 23.6 Å². The molecule has 1 N–H and O–H groups in total. The molecule has 0 saturated heterocycles. The maximum atomic E-state index is 13.2. The fraction of sp³-hybridized carbons (Fsp3) is 0.391. The number of hydrogen-bond acceptors (Lipinski definition) is 3. The average molecular weight is 451 g/mol. The van der Waals surface area contributed by atoms with Gasteiger partial charge in [0.1, 0.15) is 11.8 Å². The number of halogens is 2. The lowest BCUT2D eigenvalue weighted by molar-refractivity contribution is -0.140. The summed E-state index contributed by atoms with van der Waals surface area (Å²) in [4.78, 5) is 27.5. The van der Waals surface area contributed by atoms with Crippen molar-refractivity contribution < 1.29 is 14.3 Å². The summed E-state index contributed by atoms with van der Waals surface area (Å²) in [6, 6.07) is 12.0. The Hall–Kier alpha value is -2.24. The van der Waals surface area contributed by atoms with Crippen molar-refractivity contribution in [2.75, 3.05) is 7.11 Å². The third-order valence-corrected chi connectivity index (χ3v) is 5.76. The number of methoxy groups -OCH3 is 1. The van der Waals surface area contributed by atoms with Crippen LogP contribution in [0.25, 0.3) is 0 Å².